The molecule has 0 spiro atoms. The van der Waals surface area contributed by atoms with Gasteiger partial charge in [-0.05, 0) is 12.1 Å². The monoisotopic (exact) mass is 343 g/mol. The summed E-state index contributed by atoms with van der Waals surface area (Å²) in [5.41, 5.74) is 0.857. The van der Waals surface area contributed by atoms with Crippen LogP contribution in [0.5, 0.6) is 0 Å². The first-order chi connectivity index (χ1) is 12.1. The van der Waals surface area contributed by atoms with Crippen LogP contribution in [0.15, 0.2) is 42.6 Å². The summed E-state index contributed by atoms with van der Waals surface area (Å²) in [5, 5.41) is 9.78. The molecule has 25 heavy (non-hydrogen) atoms. The van der Waals surface area contributed by atoms with Crippen LogP contribution in [-0.4, -0.2) is 59.0 Å². The van der Waals surface area contributed by atoms with Crippen LogP contribution in [0.1, 0.15) is 6.92 Å². The molecule has 0 unspecified atom stereocenters. The quantitative estimate of drug-likeness (QED) is 0.874. The van der Waals surface area contributed by atoms with Crippen molar-refractivity contribution in [2.45, 2.75) is 13.0 Å². The second kappa shape index (κ2) is 7.80. The number of para-hydroxylation sites is 1. The molecule has 0 bridgehead atoms. The number of aromatic nitrogens is 2. The number of carbonyl (C=O) groups is 2. The number of nitrogens with one attached hydrogen (secondary N) is 2. The molecule has 1 saturated heterocycles. The van der Waals surface area contributed by atoms with Gasteiger partial charge in [0.1, 0.15) is 5.82 Å². The number of carbonyl (C=O) groups excluding carboxylic acids is 2. The Kier molecular flexibility index (Phi) is 5.30. The average molecular weight is 343 g/mol. The fourth-order valence-corrected chi connectivity index (χ4v) is 2.67. The van der Waals surface area contributed by atoms with Crippen molar-refractivity contribution < 1.29 is 14.3 Å². The van der Waals surface area contributed by atoms with Gasteiger partial charge < -0.3 is 15.0 Å². The summed E-state index contributed by atoms with van der Waals surface area (Å²) in [6.07, 6.45) is 1.42. The summed E-state index contributed by atoms with van der Waals surface area (Å²) in [4.78, 5) is 25.3. The minimum Gasteiger partial charge on any atom is -0.373 e. The van der Waals surface area contributed by atoms with Crippen molar-refractivity contribution in [3.63, 3.8) is 0 Å². The van der Waals surface area contributed by atoms with Crippen molar-refractivity contribution in [3.05, 3.63) is 42.6 Å². The van der Waals surface area contributed by atoms with Gasteiger partial charge in [-0.2, -0.15) is 5.10 Å². The largest absolute Gasteiger partial charge is 0.373 e. The van der Waals surface area contributed by atoms with E-state index in [4.69, 9.17) is 4.74 Å². The highest BCUT2D eigenvalue weighted by Crippen LogP contribution is 2.14. The standard InChI is InChI=1S/C17H21N5O3/c1-13(23)21-9-10-25-15(12-21)11-18-17(24)20-16-7-8-19-22(16)14-5-3-2-4-6-14/h2-8,15H,9-12H2,1H3,(H2,18,20,24)/t15-/m1/s1. The first-order valence-electron chi connectivity index (χ1n) is 8.15. The van der Waals surface area contributed by atoms with E-state index in [9.17, 15) is 9.59 Å². The molecule has 1 aromatic carbocycles. The lowest BCUT2D eigenvalue weighted by Gasteiger charge is -2.32. The molecule has 2 aromatic rings. The Morgan fingerprint density at radius 1 is 1.28 bits per heavy atom. The van der Waals surface area contributed by atoms with E-state index in [0.29, 0.717) is 32.1 Å². The highest BCUT2D eigenvalue weighted by molar-refractivity contribution is 5.88. The predicted molar refractivity (Wildman–Crippen MR) is 92.6 cm³/mol. The fourth-order valence-electron chi connectivity index (χ4n) is 2.67. The molecule has 1 atom stereocenters. The summed E-state index contributed by atoms with van der Waals surface area (Å²) >= 11 is 0. The zero-order valence-electron chi connectivity index (χ0n) is 14.0. The molecule has 0 aliphatic carbocycles. The van der Waals surface area contributed by atoms with Crippen LogP contribution in [0.3, 0.4) is 0 Å². The molecule has 1 aliphatic rings. The molecule has 132 valence electrons. The van der Waals surface area contributed by atoms with Crippen LogP contribution in [0.2, 0.25) is 0 Å². The molecule has 1 fully saturated rings. The maximum atomic E-state index is 12.2. The lowest BCUT2D eigenvalue weighted by atomic mass is 10.2. The third kappa shape index (κ3) is 4.36. The molecule has 2 heterocycles. The Labute approximate surface area is 145 Å². The van der Waals surface area contributed by atoms with Gasteiger partial charge in [0.25, 0.3) is 0 Å². The lowest BCUT2D eigenvalue weighted by molar-refractivity contribution is -0.136. The van der Waals surface area contributed by atoms with Gasteiger partial charge in [0.2, 0.25) is 5.91 Å². The number of benzene rings is 1. The molecule has 0 radical (unpaired) electrons. The Balaban J connectivity index is 1.54. The van der Waals surface area contributed by atoms with E-state index in [1.165, 1.54) is 6.92 Å². The number of hydrogen-bond acceptors (Lipinski definition) is 4. The Bertz CT molecular complexity index is 731. The van der Waals surface area contributed by atoms with Crippen molar-refractivity contribution in [1.29, 1.82) is 0 Å². The van der Waals surface area contributed by atoms with E-state index in [1.54, 1.807) is 21.8 Å². The second-order valence-electron chi connectivity index (χ2n) is 5.76. The van der Waals surface area contributed by atoms with Gasteiger partial charge in [0.05, 0.1) is 24.6 Å². The van der Waals surface area contributed by atoms with Crippen molar-refractivity contribution in [1.82, 2.24) is 20.0 Å². The highest BCUT2D eigenvalue weighted by Gasteiger charge is 2.22. The molecule has 8 heteroatoms. The summed E-state index contributed by atoms with van der Waals surface area (Å²) in [6.45, 7) is 3.42. The summed E-state index contributed by atoms with van der Waals surface area (Å²) in [6, 6.07) is 10.9. The first-order valence-corrected chi connectivity index (χ1v) is 8.15. The molecule has 1 aliphatic heterocycles. The maximum absolute atomic E-state index is 12.2. The number of morpholine rings is 1. The smallest absolute Gasteiger partial charge is 0.320 e. The molecule has 2 N–H and O–H groups in total. The summed E-state index contributed by atoms with van der Waals surface area (Å²) in [7, 11) is 0. The Morgan fingerprint density at radius 2 is 2.08 bits per heavy atom. The van der Waals surface area contributed by atoms with Gasteiger partial charge in [-0.3, -0.25) is 10.1 Å². The van der Waals surface area contributed by atoms with Crippen LogP contribution in [0, 0.1) is 0 Å². The topological polar surface area (TPSA) is 88.5 Å². The van der Waals surface area contributed by atoms with Crippen LogP contribution in [0.4, 0.5) is 10.6 Å². The maximum Gasteiger partial charge on any atom is 0.320 e. The second-order valence-corrected chi connectivity index (χ2v) is 5.76. The van der Waals surface area contributed by atoms with Crippen LogP contribution in [-0.2, 0) is 9.53 Å². The van der Waals surface area contributed by atoms with Gasteiger partial charge in [-0.25, -0.2) is 9.48 Å². The number of hydrogen-bond donors (Lipinski definition) is 2. The third-order valence-electron chi connectivity index (χ3n) is 3.96. The van der Waals surface area contributed by atoms with Crippen molar-refractivity contribution >= 4 is 17.8 Å². The van der Waals surface area contributed by atoms with E-state index >= 15 is 0 Å². The van der Waals surface area contributed by atoms with Crippen LogP contribution in [0.25, 0.3) is 5.69 Å². The Morgan fingerprint density at radius 3 is 2.84 bits per heavy atom. The van der Waals surface area contributed by atoms with Crippen LogP contribution >= 0.6 is 0 Å². The van der Waals surface area contributed by atoms with Crippen LogP contribution < -0.4 is 10.6 Å². The molecular formula is C17H21N5O3. The van der Waals surface area contributed by atoms with Gasteiger partial charge >= 0.3 is 6.03 Å². The zero-order chi connectivity index (χ0) is 17.6. The number of ether oxygens (including phenoxy) is 1. The number of nitrogens with zero attached hydrogens (tertiary/aromatic N) is 3. The van der Waals surface area contributed by atoms with Crippen molar-refractivity contribution in [2.24, 2.45) is 0 Å². The predicted octanol–water partition coefficient (Wildman–Crippen LogP) is 1.24. The van der Waals surface area contributed by atoms with Gasteiger partial charge in [0.15, 0.2) is 0 Å². The Hall–Kier alpha value is -2.87. The molecule has 1 aromatic heterocycles. The fraction of sp³-hybridized carbons (Fsp3) is 0.353. The minimum absolute atomic E-state index is 0.0181. The number of anilines is 1. The number of rotatable bonds is 4. The highest BCUT2D eigenvalue weighted by atomic mass is 16.5. The van der Waals surface area contributed by atoms with E-state index in [2.05, 4.69) is 15.7 Å². The minimum atomic E-state index is -0.346. The van der Waals surface area contributed by atoms with Gasteiger partial charge in [-0.1, -0.05) is 18.2 Å². The molecule has 3 amide bonds. The summed E-state index contributed by atoms with van der Waals surface area (Å²) < 4.78 is 7.23. The third-order valence-corrected chi connectivity index (χ3v) is 3.96. The van der Waals surface area contributed by atoms with Gasteiger partial charge in [-0.15, -0.1) is 0 Å². The van der Waals surface area contributed by atoms with E-state index < -0.39 is 0 Å². The van der Waals surface area contributed by atoms with E-state index in [0.717, 1.165) is 5.69 Å². The van der Waals surface area contributed by atoms with Gasteiger partial charge in [0, 0.05) is 32.6 Å². The van der Waals surface area contributed by atoms with E-state index in [-0.39, 0.29) is 18.0 Å². The molecule has 8 nitrogen and oxygen atoms in total. The zero-order valence-corrected chi connectivity index (χ0v) is 14.0. The van der Waals surface area contributed by atoms with Crippen molar-refractivity contribution in [3.8, 4) is 5.69 Å². The first kappa shape index (κ1) is 17.0. The average Bonchev–Trinajstić information content (AvgIpc) is 3.09. The van der Waals surface area contributed by atoms with Crippen molar-refractivity contribution in [2.75, 3.05) is 31.6 Å². The number of amides is 3. The molecule has 0 saturated carbocycles. The normalized spacial score (nSPS) is 17.2. The molecular weight excluding hydrogens is 322 g/mol. The van der Waals surface area contributed by atoms with E-state index in [1.807, 2.05) is 30.3 Å². The SMILES string of the molecule is CC(=O)N1CCO[C@H](CNC(=O)Nc2ccnn2-c2ccccc2)C1. The lowest BCUT2D eigenvalue weighted by Crippen LogP contribution is -2.49. The molecule has 3 rings (SSSR count). The number of urea groups is 1. The summed E-state index contributed by atoms with van der Waals surface area (Å²) in [5.74, 6) is 0.586.